The first-order chi connectivity index (χ1) is 17.0. The second-order valence-electron chi connectivity index (χ2n) is 8.05. The number of aromatic nitrogens is 6. The van der Waals surface area contributed by atoms with Crippen molar-refractivity contribution >= 4 is 23.0 Å². The van der Waals surface area contributed by atoms with Crippen LogP contribution in [-0.2, 0) is 20.0 Å². The van der Waals surface area contributed by atoms with Crippen molar-refractivity contribution in [1.29, 1.82) is 0 Å². The number of para-hydroxylation sites is 1. The summed E-state index contributed by atoms with van der Waals surface area (Å²) in [5.41, 5.74) is 5.18. The molecule has 4 heterocycles. The minimum atomic E-state index is -0.105. The van der Waals surface area contributed by atoms with Crippen molar-refractivity contribution in [2.45, 2.75) is 13.0 Å². The molecule has 0 spiro atoms. The van der Waals surface area contributed by atoms with Gasteiger partial charge in [0.2, 0.25) is 11.5 Å². The zero-order chi connectivity index (χ0) is 24.5. The van der Waals surface area contributed by atoms with Crippen LogP contribution in [0.15, 0.2) is 42.6 Å². The maximum Gasteiger partial charge on any atom is 0.257 e. The van der Waals surface area contributed by atoms with E-state index in [1.807, 2.05) is 30.3 Å². The third-order valence-corrected chi connectivity index (χ3v) is 5.63. The number of nitrogens with one attached hydrogen (secondary N) is 1. The van der Waals surface area contributed by atoms with Gasteiger partial charge in [-0.05, 0) is 23.4 Å². The molecular weight excluding hydrogens is 446 g/mol. The fourth-order valence-corrected chi connectivity index (χ4v) is 4.03. The average Bonchev–Trinajstić information content (AvgIpc) is 3.41. The molecule has 0 unspecified atom stereocenters. The van der Waals surface area contributed by atoms with Crippen molar-refractivity contribution in [3.63, 3.8) is 0 Å². The van der Waals surface area contributed by atoms with Crippen LogP contribution in [0, 0.1) is 6.57 Å². The standard InChI is InChI=1S/C24H21N9O2/c1-25-15-9-8-14(26-12-15)10-16-11-19(21-20(27-16)13-32(2)24(21)34)28-18-7-5-6-17(22(18)35-4)23-29-31-33(3)30-23/h5-9,11-12H,10,13H2,2-4H3,(H,27,28). The minimum Gasteiger partial charge on any atom is -0.494 e. The molecule has 0 radical (unpaired) electrons. The van der Waals surface area contributed by atoms with Crippen molar-refractivity contribution in [2.75, 3.05) is 19.5 Å². The number of fused-ring (bicyclic) bond motifs is 1. The Morgan fingerprint density at radius 2 is 2.03 bits per heavy atom. The monoisotopic (exact) mass is 467 g/mol. The Morgan fingerprint density at radius 1 is 1.17 bits per heavy atom. The van der Waals surface area contributed by atoms with Crippen molar-refractivity contribution in [3.8, 4) is 17.1 Å². The zero-order valence-corrected chi connectivity index (χ0v) is 19.3. The number of aryl methyl sites for hydroxylation is 1. The molecule has 0 atom stereocenters. The molecule has 0 saturated carbocycles. The van der Waals surface area contributed by atoms with E-state index in [2.05, 4.69) is 30.6 Å². The number of anilines is 2. The SMILES string of the molecule is [C-]#[N+]c1ccc(Cc2cc(Nc3cccc(-c4nnn(C)n4)c3OC)c3c(n2)CN(C)C3=O)nc1. The van der Waals surface area contributed by atoms with Crippen LogP contribution < -0.4 is 10.1 Å². The molecule has 1 aliphatic rings. The molecule has 1 N–H and O–H groups in total. The molecule has 1 aliphatic heterocycles. The van der Waals surface area contributed by atoms with Gasteiger partial charge in [0.05, 0.1) is 55.5 Å². The molecule has 0 saturated heterocycles. The Kier molecular flexibility index (Phi) is 5.54. The van der Waals surface area contributed by atoms with Gasteiger partial charge in [-0.25, -0.2) is 4.85 Å². The number of carbonyl (C=O) groups excluding carboxylic acids is 1. The lowest BCUT2D eigenvalue weighted by atomic mass is 10.1. The highest BCUT2D eigenvalue weighted by Gasteiger charge is 2.30. The van der Waals surface area contributed by atoms with Gasteiger partial charge in [-0.15, -0.1) is 10.2 Å². The highest BCUT2D eigenvalue weighted by molar-refractivity contribution is 6.03. The fourth-order valence-electron chi connectivity index (χ4n) is 4.03. The zero-order valence-electron chi connectivity index (χ0n) is 19.3. The molecule has 35 heavy (non-hydrogen) atoms. The van der Waals surface area contributed by atoms with Gasteiger partial charge in [0, 0.05) is 31.1 Å². The summed E-state index contributed by atoms with van der Waals surface area (Å²) >= 11 is 0. The van der Waals surface area contributed by atoms with Gasteiger partial charge in [-0.2, -0.15) is 4.80 Å². The molecule has 4 aromatic rings. The first kappa shape index (κ1) is 22.0. The van der Waals surface area contributed by atoms with E-state index in [0.717, 1.165) is 11.4 Å². The number of carbonyl (C=O) groups is 1. The topological polar surface area (TPSA) is 115 Å². The van der Waals surface area contributed by atoms with E-state index in [1.54, 1.807) is 38.4 Å². The molecule has 1 aromatic carbocycles. The summed E-state index contributed by atoms with van der Waals surface area (Å²) in [4.78, 5) is 28.4. The highest BCUT2D eigenvalue weighted by Crippen LogP contribution is 2.38. The van der Waals surface area contributed by atoms with Crippen molar-refractivity contribution in [1.82, 2.24) is 35.1 Å². The van der Waals surface area contributed by atoms with Gasteiger partial charge >= 0.3 is 0 Å². The number of nitrogens with zero attached hydrogens (tertiary/aromatic N) is 8. The molecule has 0 aliphatic carbocycles. The van der Waals surface area contributed by atoms with Gasteiger partial charge in [0.1, 0.15) is 0 Å². The predicted molar refractivity (Wildman–Crippen MR) is 127 cm³/mol. The number of hydrogen-bond acceptors (Lipinski definition) is 8. The van der Waals surface area contributed by atoms with Crippen molar-refractivity contribution in [3.05, 3.63) is 76.7 Å². The molecule has 3 aromatic heterocycles. The molecule has 11 heteroatoms. The molecule has 1 amide bonds. The van der Waals surface area contributed by atoms with E-state index in [4.69, 9.17) is 16.3 Å². The van der Waals surface area contributed by atoms with Gasteiger partial charge in [0.15, 0.2) is 5.75 Å². The van der Waals surface area contributed by atoms with Gasteiger partial charge in [0.25, 0.3) is 5.91 Å². The smallest absolute Gasteiger partial charge is 0.257 e. The number of amides is 1. The fraction of sp³-hybridized carbons (Fsp3) is 0.208. The number of rotatable bonds is 6. The number of pyridine rings is 2. The molecule has 11 nitrogen and oxygen atoms in total. The first-order valence-corrected chi connectivity index (χ1v) is 10.8. The average molecular weight is 467 g/mol. The Hall–Kier alpha value is -4.85. The van der Waals surface area contributed by atoms with E-state index < -0.39 is 0 Å². The highest BCUT2D eigenvalue weighted by atomic mass is 16.5. The van der Waals surface area contributed by atoms with Crippen LogP contribution in [0.3, 0.4) is 0 Å². The van der Waals surface area contributed by atoms with E-state index in [0.29, 0.717) is 58.4 Å². The van der Waals surface area contributed by atoms with Crippen LogP contribution in [0.25, 0.3) is 16.2 Å². The summed E-state index contributed by atoms with van der Waals surface area (Å²) in [6, 6.07) is 11.0. The summed E-state index contributed by atoms with van der Waals surface area (Å²) in [5, 5.41) is 15.7. The Morgan fingerprint density at radius 3 is 2.71 bits per heavy atom. The van der Waals surface area contributed by atoms with Crippen molar-refractivity contribution in [2.24, 2.45) is 7.05 Å². The number of tetrazole rings is 1. The summed E-state index contributed by atoms with van der Waals surface area (Å²) in [6.45, 7) is 7.52. The Balaban J connectivity index is 1.55. The van der Waals surface area contributed by atoms with E-state index in [9.17, 15) is 4.79 Å². The number of ether oxygens (including phenoxy) is 1. The normalized spacial score (nSPS) is 12.4. The minimum absolute atomic E-state index is 0.105. The molecule has 174 valence electrons. The van der Waals surface area contributed by atoms with Crippen molar-refractivity contribution < 1.29 is 9.53 Å². The molecular formula is C24H21N9O2. The molecule has 0 fully saturated rings. The number of benzene rings is 1. The lowest BCUT2D eigenvalue weighted by molar-refractivity contribution is 0.0817. The lowest BCUT2D eigenvalue weighted by Crippen LogP contribution is -2.18. The largest absolute Gasteiger partial charge is 0.494 e. The van der Waals surface area contributed by atoms with Gasteiger partial charge in [-0.3, -0.25) is 14.8 Å². The summed E-state index contributed by atoms with van der Waals surface area (Å²) < 4.78 is 5.70. The van der Waals surface area contributed by atoms with Crippen LogP contribution in [0.1, 0.15) is 27.4 Å². The summed E-state index contributed by atoms with van der Waals surface area (Å²) in [7, 11) is 5.01. The van der Waals surface area contributed by atoms with E-state index >= 15 is 0 Å². The molecule has 5 rings (SSSR count). The van der Waals surface area contributed by atoms with Gasteiger partial charge in [-0.1, -0.05) is 18.2 Å². The quantitative estimate of drug-likeness (QED) is 0.430. The Labute approximate surface area is 201 Å². The maximum atomic E-state index is 12.9. The lowest BCUT2D eigenvalue weighted by Gasteiger charge is -2.16. The summed E-state index contributed by atoms with van der Waals surface area (Å²) in [6.07, 6.45) is 2.00. The van der Waals surface area contributed by atoms with Gasteiger partial charge < -0.3 is 15.0 Å². The number of hydrogen-bond donors (Lipinski definition) is 1. The Bertz CT molecular complexity index is 1470. The van der Waals surface area contributed by atoms with E-state index in [-0.39, 0.29) is 5.91 Å². The van der Waals surface area contributed by atoms with Crippen LogP contribution in [-0.4, -0.2) is 55.1 Å². The van der Waals surface area contributed by atoms with Crippen LogP contribution in [0.5, 0.6) is 5.75 Å². The van der Waals surface area contributed by atoms with Crippen LogP contribution in [0.2, 0.25) is 0 Å². The van der Waals surface area contributed by atoms with Crippen LogP contribution in [0.4, 0.5) is 17.1 Å². The third-order valence-electron chi connectivity index (χ3n) is 5.63. The maximum absolute atomic E-state index is 12.9. The third kappa shape index (κ3) is 4.13. The second-order valence-corrected chi connectivity index (χ2v) is 8.05. The van der Waals surface area contributed by atoms with E-state index in [1.165, 1.54) is 4.80 Å². The second kappa shape index (κ2) is 8.83. The summed E-state index contributed by atoms with van der Waals surface area (Å²) in [5.74, 6) is 0.855. The number of methoxy groups -OCH3 is 1. The van der Waals surface area contributed by atoms with Crippen LogP contribution >= 0.6 is 0 Å². The first-order valence-electron chi connectivity index (χ1n) is 10.8. The molecule has 0 bridgehead atoms. The predicted octanol–water partition coefficient (Wildman–Crippen LogP) is 3.15.